The molecule has 0 bridgehead atoms. The summed E-state index contributed by atoms with van der Waals surface area (Å²) in [5.41, 5.74) is -1.54. The van der Waals surface area contributed by atoms with E-state index in [0.29, 0.717) is 45.3 Å². The van der Waals surface area contributed by atoms with Gasteiger partial charge in [-0.1, -0.05) is 0 Å². The molecule has 1 aromatic carbocycles. The topological polar surface area (TPSA) is 100 Å². The number of nitrogens with one attached hydrogen (secondary N) is 2. The number of nitrogens with zero attached hydrogens (tertiary/aromatic N) is 3. The largest absolute Gasteiger partial charge is 0.416 e. The molecule has 2 fully saturated rings. The van der Waals surface area contributed by atoms with Crippen molar-refractivity contribution in [2.45, 2.75) is 19.1 Å². The molecule has 0 saturated carbocycles. The van der Waals surface area contributed by atoms with Crippen molar-refractivity contribution in [3.05, 3.63) is 33.9 Å². The van der Waals surface area contributed by atoms with Gasteiger partial charge in [0, 0.05) is 19.2 Å². The molecule has 2 aliphatic rings. The minimum atomic E-state index is -4.66. The third-order valence-electron chi connectivity index (χ3n) is 5.35. The zero-order valence-electron chi connectivity index (χ0n) is 15.7. The summed E-state index contributed by atoms with van der Waals surface area (Å²) in [6.07, 6.45) is -4.66. The second kappa shape index (κ2) is 7.85. The lowest BCUT2D eigenvalue weighted by molar-refractivity contribution is -0.915. The minimum Gasteiger partial charge on any atom is -0.355 e. The SMILES string of the molecule is C[C@H](C(=O)N1CCNC1=O)[NH+]1CCN(c2ccc(C(F)(F)F)cc2[N+](=O)[O-])CC1. The smallest absolute Gasteiger partial charge is 0.355 e. The molecule has 3 amide bonds. The molecule has 2 saturated heterocycles. The summed E-state index contributed by atoms with van der Waals surface area (Å²) < 4.78 is 38.6. The molecule has 2 N–H and O–H groups in total. The number of halogens is 3. The van der Waals surface area contributed by atoms with Gasteiger partial charge in [-0.25, -0.2) is 4.79 Å². The third kappa shape index (κ3) is 4.26. The maximum Gasteiger partial charge on any atom is 0.416 e. The molecule has 0 aliphatic carbocycles. The van der Waals surface area contributed by atoms with E-state index >= 15 is 0 Å². The summed E-state index contributed by atoms with van der Waals surface area (Å²) in [5.74, 6) is -0.288. The highest BCUT2D eigenvalue weighted by molar-refractivity contribution is 5.97. The summed E-state index contributed by atoms with van der Waals surface area (Å²) in [4.78, 5) is 38.4. The average Bonchev–Trinajstić information content (AvgIpc) is 3.11. The fraction of sp³-hybridized carbons (Fsp3) is 0.529. The van der Waals surface area contributed by atoms with Crippen molar-refractivity contribution < 1.29 is 32.6 Å². The van der Waals surface area contributed by atoms with Gasteiger partial charge in [-0.2, -0.15) is 13.2 Å². The Morgan fingerprint density at radius 2 is 1.93 bits per heavy atom. The molecule has 1 aromatic rings. The van der Waals surface area contributed by atoms with Gasteiger partial charge < -0.3 is 15.1 Å². The molecular formula is C17H21F3N5O4+. The van der Waals surface area contributed by atoms with Gasteiger partial charge in [0.25, 0.3) is 11.6 Å². The van der Waals surface area contributed by atoms with E-state index in [1.807, 2.05) is 0 Å². The first-order valence-corrected chi connectivity index (χ1v) is 9.14. The molecule has 0 unspecified atom stereocenters. The number of rotatable bonds is 4. The van der Waals surface area contributed by atoms with E-state index in [9.17, 15) is 32.9 Å². The quantitative estimate of drug-likeness (QED) is 0.542. The molecule has 12 heteroatoms. The highest BCUT2D eigenvalue weighted by atomic mass is 19.4. The Labute approximate surface area is 164 Å². The summed E-state index contributed by atoms with van der Waals surface area (Å²) in [7, 11) is 0. The number of nitro benzene ring substituents is 1. The Kier molecular flexibility index (Phi) is 5.64. The van der Waals surface area contributed by atoms with Gasteiger partial charge in [0.15, 0.2) is 6.04 Å². The van der Waals surface area contributed by atoms with Crippen LogP contribution in [0.1, 0.15) is 12.5 Å². The third-order valence-corrected chi connectivity index (χ3v) is 5.35. The molecule has 1 atom stereocenters. The summed E-state index contributed by atoms with van der Waals surface area (Å²) in [6.45, 7) is 4.05. The van der Waals surface area contributed by atoms with Crippen molar-refractivity contribution in [2.75, 3.05) is 44.2 Å². The van der Waals surface area contributed by atoms with E-state index in [0.717, 1.165) is 17.0 Å². The molecule has 2 aliphatic heterocycles. The normalized spacial score (nSPS) is 19.2. The monoisotopic (exact) mass is 416 g/mol. The van der Waals surface area contributed by atoms with E-state index in [4.69, 9.17) is 0 Å². The van der Waals surface area contributed by atoms with Gasteiger partial charge in [-0.15, -0.1) is 0 Å². The molecule has 29 heavy (non-hydrogen) atoms. The standard InChI is InChI=1S/C17H20F3N5O4/c1-11(15(26)24-5-4-21-16(24)27)22-6-8-23(9-7-22)13-3-2-12(17(18,19)20)10-14(13)25(28)29/h2-3,10-11H,4-9H2,1H3,(H,21,27)/p+1/t11-/m1/s1. The second-order valence-electron chi connectivity index (χ2n) is 7.05. The molecule has 9 nitrogen and oxygen atoms in total. The molecule has 0 aromatic heterocycles. The van der Waals surface area contributed by atoms with E-state index in [2.05, 4.69) is 5.32 Å². The summed E-state index contributed by atoms with van der Waals surface area (Å²) in [6, 6.07) is 1.62. The van der Waals surface area contributed by atoms with Gasteiger partial charge in [0.1, 0.15) is 5.69 Å². The number of benzene rings is 1. The van der Waals surface area contributed by atoms with Crippen LogP contribution in [0.15, 0.2) is 18.2 Å². The van der Waals surface area contributed by atoms with Crippen LogP contribution < -0.4 is 15.1 Å². The zero-order chi connectivity index (χ0) is 21.3. The lowest BCUT2D eigenvalue weighted by Gasteiger charge is -2.36. The van der Waals surface area contributed by atoms with Crippen LogP contribution in [0, 0.1) is 10.1 Å². The predicted molar refractivity (Wildman–Crippen MR) is 95.6 cm³/mol. The lowest BCUT2D eigenvalue weighted by Crippen LogP contribution is -3.19. The predicted octanol–water partition coefficient (Wildman–Crippen LogP) is 0.259. The number of amides is 3. The Hall–Kier alpha value is -2.89. The van der Waals surface area contributed by atoms with E-state index < -0.39 is 34.4 Å². The van der Waals surface area contributed by atoms with Crippen LogP contribution >= 0.6 is 0 Å². The first-order valence-electron chi connectivity index (χ1n) is 9.14. The maximum absolute atomic E-state index is 12.9. The van der Waals surface area contributed by atoms with E-state index in [1.54, 1.807) is 11.8 Å². The Morgan fingerprint density at radius 3 is 2.45 bits per heavy atom. The number of quaternary nitrogens is 1. The Balaban J connectivity index is 1.69. The lowest BCUT2D eigenvalue weighted by atomic mass is 10.1. The van der Waals surface area contributed by atoms with Crippen molar-refractivity contribution in [2.24, 2.45) is 0 Å². The molecule has 2 heterocycles. The van der Waals surface area contributed by atoms with E-state index in [1.165, 1.54) is 4.90 Å². The van der Waals surface area contributed by atoms with E-state index in [-0.39, 0.29) is 11.6 Å². The summed E-state index contributed by atoms with van der Waals surface area (Å²) >= 11 is 0. The number of hydrogen-bond acceptors (Lipinski definition) is 5. The fourth-order valence-electron chi connectivity index (χ4n) is 3.67. The maximum atomic E-state index is 12.9. The van der Waals surface area contributed by atoms with Crippen molar-refractivity contribution in [1.29, 1.82) is 0 Å². The number of anilines is 1. The number of urea groups is 1. The highest BCUT2D eigenvalue weighted by Gasteiger charge is 2.38. The number of piperazine rings is 1. The second-order valence-corrected chi connectivity index (χ2v) is 7.05. The number of nitro groups is 1. The number of alkyl halides is 3. The molecule has 3 rings (SSSR count). The molecular weight excluding hydrogens is 395 g/mol. The Morgan fingerprint density at radius 1 is 1.28 bits per heavy atom. The molecule has 0 radical (unpaired) electrons. The van der Waals surface area contributed by atoms with Crippen LogP contribution in [0.2, 0.25) is 0 Å². The molecule has 158 valence electrons. The average molecular weight is 416 g/mol. The fourth-order valence-corrected chi connectivity index (χ4v) is 3.67. The van der Waals surface area contributed by atoms with Gasteiger partial charge in [-0.05, 0) is 19.1 Å². The van der Waals surface area contributed by atoms with Crippen LogP contribution in [0.4, 0.5) is 29.3 Å². The van der Waals surface area contributed by atoms with Crippen LogP contribution in [-0.2, 0) is 11.0 Å². The van der Waals surface area contributed by atoms with Gasteiger partial charge in [-0.3, -0.25) is 19.8 Å². The number of carbonyl (C=O) groups is 2. The first kappa shape index (κ1) is 20.8. The van der Waals surface area contributed by atoms with Crippen LogP contribution in [-0.4, -0.2) is 67.1 Å². The summed E-state index contributed by atoms with van der Waals surface area (Å²) in [5, 5.41) is 13.9. The number of carbonyl (C=O) groups excluding carboxylic acids is 2. The Bertz CT molecular complexity index is 824. The minimum absolute atomic E-state index is 0.125. The van der Waals surface area contributed by atoms with Crippen LogP contribution in [0.3, 0.4) is 0 Å². The van der Waals surface area contributed by atoms with Crippen molar-refractivity contribution in [1.82, 2.24) is 10.2 Å². The highest BCUT2D eigenvalue weighted by Crippen LogP contribution is 2.36. The number of hydrogen-bond donors (Lipinski definition) is 2. The van der Waals surface area contributed by atoms with Crippen molar-refractivity contribution in [3.8, 4) is 0 Å². The molecule has 0 spiro atoms. The van der Waals surface area contributed by atoms with Gasteiger partial charge in [0.2, 0.25) is 0 Å². The van der Waals surface area contributed by atoms with Gasteiger partial charge >= 0.3 is 12.2 Å². The van der Waals surface area contributed by atoms with Crippen molar-refractivity contribution in [3.63, 3.8) is 0 Å². The van der Waals surface area contributed by atoms with Crippen molar-refractivity contribution >= 4 is 23.3 Å². The van der Waals surface area contributed by atoms with Gasteiger partial charge in [0.05, 0.1) is 36.7 Å². The van der Waals surface area contributed by atoms with Crippen LogP contribution in [0.5, 0.6) is 0 Å². The number of imide groups is 1. The zero-order valence-corrected chi connectivity index (χ0v) is 15.7. The van der Waals surface area contributed by atoms with Crippen LogP contribution in [0.25, 0.3) is 0 Å². The first-order chi connectivity index (χ1) is 13.6.